The minimum Gasteiger partial charge on any atom is -0.478 e. The van der Waals surface area contributed by atoms with Gasteiger partial charge in [-0.15, -0.1) is 0 Å². The highest BCUT2D eigenvalue weighted by Gasteiger charge is 2.42. The van der Waals surface area contributed by atoms with Crippen molar-refractivity contribution in [3.63, 3.8) is 0 Å². The molecule has 0 amide bonds. The molecule has 128 valence electrons. The average molecular weight is 349 g/mol. The van der Waals surface area contributed by atoms with E-state index in [2.05, 4.69) is 4.72 Å². The van der Waals surface area contributed by atoms with Crippen LogP contribution >= 0.6 is 0 Å². The summed E-state index contributed by atoms with van der Waals surface area (Å²) in [6.07, 6.45) is -0.451. The van der Waals surface area contributed by atoms with E-state index < -0.39 is 40.8 Å². The van der Waals surface area contributed by atoms with Crippen molar-refractivity contribution in [3.05, 3.63) is 29.3 Å². The zero-order valence-electron chi connectivity index (χ0n) is 12.4. The molecule has 1 fully saturated rings. The summed E-state index contributed by atoms with van der Waals surface area (Å²) < 4.78 is 58.9. The molecule has 1 aromatic carbocycles. The fourth-order valence-electron chi connectivity index (χ4n) is 2.29. The number of sulfonamides is 1. The number of alkyl halides is 2. The Balaban J connectivity index is 2.17. The Labute approximate surface area is 132 Å². The third kappa shape index (κ3) is 4.24. The molecule has 0 spiro atoms. The summed E-state index contributed by atoms with van der Waals surface area (Å²) in [6.45, 7) is 0.778. The number of aromatic carboxylic acids is 1. The predicted molar refractivity (Wildman–Crippen MR) is 77.2 cm³/mol. The summed E-state index contributed by atoms with van der Waals surface area (Å²) in [5, 5.41) is 8.97. The first-order chi connectivity index (χ1) is 10.6. The summed E-state index contributed by atoms with van der Waals surface area (Å²) in [5.41, 5.74) is 0.258. The van der Waals surface area contributed by atoms with Crippen molar-refractivity contribution in [2.45, 2.75) is 24.2 Å². The standard InChI is InChI=1S/C14H17F2NO5S/c1-9-4-10(13(18)19)6-12(5-9)23(20,21)17-7-11-8-22-3-2-14(11,15)16/h4-6,11,17H,2-3,7-8H2,1H3,(H,18,19). The van der Waals surface area contributed by atoms with Crippen LogP contribution in [0.3, 0.4) is 0 Å². The van der Waals surface area contributed by atoms with Crippen molar-refractivity contribution in [1.82, 2.24) is 4.72 Å². The number of rotatable bonds is 5. The molecule has 1 aromatic rings. The van der Waals surface area contributed by atoms with Crippen molar-refractivity contribution in [3.8, 4) is 0 Å². The smallest absolute Gasteiger partial charge is 0.335 e. The summed E-state index contributed by atoms with van der Waals surface area (Å²) in [4.78, 5) is 10.7. The van der Waals surface area contributed by atoms with Crippen LogP contribution in [0, 0.1) is 12.8 Å². The zero-order chi connectivity index (χ0) is 17.3. The van der Waals surface area contributed by atoms with Crippen LogP contribution in [0.5, 0.6) is 0 Å². The highest BCUT2D eigenvalue weighted by molar-refractivity contribution is 7.89. The van der Waals surface area contributed by atoms with E-state index in [-0.39, 0.29) is 23.7 Å². The fraction of sp³-hybridized carbons (Fsp3) is 0.500. The Kier molecular flexibility index (Phi) is 5.02. The minimum absolute atomic E-state index is 0.0594. The Morgan fingerprint density at radius 3 is 2.74 bits per heavy atom. The van der Waals surface area contributed by atoms with E-state index in [0.717, 1.165) is 6.07 Å². The molecule has 9 heteroatoms. The lowest BCUT2D eigenvalue weighted by atomic mass is 9.98. The van der Waals surface area contributed by atoms with E-state index in [1.165, 1.54) is 12.1 Å². The summed E-state index contributed by atoms with van der Waals surface area (Å²) >= 11 is 0. The quantitative estimate of drug-likeness (QED) is 0.843. The first-order valence-corrected chi connectivity index (χ1v) is 8.40. The van der Waals surface area contributed by atoms with Gasteiger partial charge in [-0.1, -0.05) is 0 Å². The molecule has 0 bridgehead atoms. The van der Waals surface area contributed by atoms with E-state index in [1.54, 1.807) is 6.92 Å². The summed E-state index contributed by atoms with van der Waals surface area (Å²) in [6, 6.07) is 3.60. The molecule has 0 saturated carbocycles. The van der Waals surface area contributed by atoms with Gasteiger partial charge in [0.2, 0.25) is 10.0 Å². The number of aryl methyl sites for hydroxylation is 1. The van der Waals surface area contributed by atoms with E-state index in [9.17, 15) is 22.0 Å². The van der Waals surface area contributed by atoms with Crippen LogP contribution in [-0.4, -0.2) is 45.2 Å². The molecular formula is C14H17F2NO5S. The minimum atomic E-state index is -4.09. The molecule has 0 radical (unpaired) electrons. The third-order valence-corrected chi connectivity index (χ3v) is 5.03. The molecule has 0 aliphatic carbocycles. The number of carboxylic acids is 1. The molecule has 2 N–H and O–H groups in total. The van der Waals surface area contributed by atoms with E-state index >= 15 is 0 Å². The van der Waals surface area contributed by atoms with Crippen molar-refractivity contribution in [2.24, 2.45) is 5.92 Å². The number of halogens is 2. The van der Waals surface area contributed by atoms with Crippen LogP contribution < -0.4 is 4.72 Å². The van der Waals surface area contributed by atoms with Gasteiger partial charge in [0.1, 0.15) is 0 Å². The molecule has 2 rings (SSSR count). The predicted octanol–water partition coefficient (Wildman–Crippen LogP) is 1.64. The Bertz CT molecular complexity index is 705. The number of nitrogens with one attached hydrogen (secondary N) is 1. The summed E-state index contributed by atoms with van der Waals surface area (Å²) in [7, 11) is -4.09. The highest BCUT2D eigenvalue weighted by atomic mass is 32.2. The first-order valence-electron chi connectivity index (χ1n) is 6.92. The normalized spacial score (nSPS) is 21.1. The van der Waals surface area contributed by atoms with Crippen LogP contribution in [0.2, 0.25) is 0 Å². The SMILES string of the molecule is Cc1cc(C(=O)O)cc(S(=O)(=O)NCC2COCCC2(F)F)c1. The van der Waals surface area contributed by atoms with Crippen LogP contribution in [0.15, 0.2) is 23.1 Å². The molecule has 23 heavy (non-hydrogen) atoms. The van der Waals surface area contributed by atoms with E-state index in [0.29, 0.717) is 5.56 Å². The van der Waals surface area contributed by atoms with Crippen LogP contribution in [0.25, 0.3) is 0 Å². The third-order valence-electron chi connectivity index (χ3n) is 3.62. The van der Waals surface area contributed by atoms with Crippen LogP contribution in [0.1, 0.15) is 22.3 Å². The van der Waals surface area contributed by atoms with Crippen molar-refractivity contribution >= 4 is 16.0 Å². The maximum Gasteiger partial charge on any atom is 0.335 e. The summed E-state index contributed by atoms with van der Waals surface area (Å²) in [5.74, 6) is -5.52. The van der Waals surface area contributed by atoms with Gasteiger partial charge in [0.25, 0.3) is 5.92 Å². The van der Waals surface area contributed by atoms with Gasteiger partial charge in [0.15, 0.2) is 0 Å². The van der Waals surface area contributed by atoms with Gasteiger partial charge in [-0.2, -0.15) is 0 Å². The van der Waals surface area contributed by atoms with Gasteiger partial charge >= 0.3 is 5.97 Å². The number of benzene rings is 1. The van der Waals surface area contributed by atoms with Crippen LogP contribution in [0.4, 0.5) is 8.78 Å². The lowest BCUT2D eigenvalue weighted by Gasteiger charge is -2.31. The van der Waals surface area contributed by atoms with E-state index in [1.807, 2.05) is 0 Å². The largest absolute Gasteiger partial charge is 0.478 e. The molecule has 1 unspecified atom stereocenters. The highest BCUT2D eigenvalue weighted by Crippen LogP contribution is 2.32. The van der Waals surface area contributed by atoms with Gasteiger partial charge in [-0.05, 0) is 30.7 Å². The fourth-order valence-corrected chi connectivity index (χ4v) is 3.50. The monoisotopic (exact) mass is 349 g/mol. The maximum atomic E-state index is 13.7. The molecular weight excluding hydrogens is 332 g/mol. The topological polar surface area (TPSA) is 92.7 Å². The first kappa shape index (κ1) is 17.8. The Morgan fingerprint density at radius 2 is 2.13 bits per heavy atom. The molecule has 6 nitrogen and oxygen atoms in total. The molecule has 1 aliphatic heterocycles. The van der Waals surface area contributed by atoms with Gasteiger partial charge < -0.3 is 9.84 Å². The number of carbonyl (C=O) groups is 1. The second kappa shape index (κ2) is 6.50. The maximum absolute atomic E-state index is 13.7. The lowest BCUT2D eigenvalue weighted by molar-refractivity contribution is -0.138. The molecule has 1 saturated heterocycles. The van der Waals surface area contributed by atoms with Gasteiger partial charge in [0.05, 0.1) is 29.6 Å². The molecule has 1 aliphatic rings. The second-order valence-corrected chi connectivity index (χ2v) is 7.24. The van der Waals surface area contributed by atoms with Gasteiger partial charge in [-0.3, -0.25) is 0 Å². The van der Waals surface area contributed by atoms with Gasteiger partial charge in [0, 0.05) is 13.0 Å². The number of carboxylic acid groups (broad SMARTS) is 1. The average Bonchev–Trinajstić information content (AvgIpc) is 2.45. The lowest BCUT2D eigenvalue weighted by Crippen LogP contribution is -2.44. The van der Waals surface area contributed by atoms with Crippen LogP contribution in [-0.2, 0) is 14.8 Å². The van der Waals surface area contributed by atoms with Crippen molar-refractivity contribution in [1.29, 1.82) is 0 Å². The number of hydrogen-bond donors (Lipinski definition) is 2. The van der Waals surface area contributed by atoms with Crippen molar-refractivity contribution < 1.29 is 31.8 Å². The van der Waals surface area contributed by atoms with Gasteiger partial charge in [-0.25, -0.2) is 26.7 Å². The van der Waals surface area contributed by atoms with E-state index in [4.69, 9.17) is 9.84 Å². The zero-order valence-corrected chi connectivity index (χ0v) is 13.2. The number of hydrogen-bond acceptors (Lipinski definition) is 4. The molecule has 1 atom stereocenters. The molecule has 1 heterocycles. The molecule has 0 aromatic heterocycles. The Hall–Kier alpha value is -1.58. The number of ether oxygens (including phenoxy) is 1. The van der Waals surface area contributed by atoms with Crippen molar-refractivity contribution in [2.75, 3.05) is 19.8 Å². The Morgan fingerprint density at radius 1 is 1.43 bits per heavy atom. The second-order valence-electron chi connectivity index (χ2n) is 5.47.